The fraction of sp³-hybridized carbons (Fsp3) is 0.190. The average molecular weight is 513 g/mol. The van der Waals surface area contributed by atoms with Crippen molar-refractivity contribution in [3.63, 3.8) is 0 Å². The molecule has 2 aromatic carbocycles. The Morgan fingerprint density at radius 2 is 1.97 bits per heavy atom. The summed E-state index contributed by atoms with van der Waals surface area (Å²) in [4.78, 5) is 28.2. The molecule has 0 unspecified atom stereocenters. The number of ether oxygens (including phenoxy) is 3. The normalized spacial score (nSPS) is 14.5. The first kappa shape index (κ1) is 22.3. The number of carbonyl (C=O) groups is 2. The minimum Gasteiger partial charge on any atom is -0.490 e. The Morgan fingerprint density at radius 3 is 2.63 bits per heavy atom. The van der Waals surface area contributed by atoms with Gasteiger partial charge in [0.15, 0.2) is 17.2 Å². The first-order chi connectivity index (χ1) is 14.3. The zero-order chi connectivity index (χ0) is 21.8. The molecule has 30 heavy (non-hydrogen) atoms. The van der Waals surface area contributed by atoms with Gasteiger partial charge in [-0.1, -0.05) is 30.1 Å². The van der Waals surface area contributed by atoms with Gasteiger partial charge >= 0.3 is 11.9 Å². The lowest BCUT2D eigenvalue weighted by molar-refractivity contribution is -0.134. The summed E-state index contributed by atoms with van der Waals surface area (Å²) in [5.74, 6) is -0.229. The summed E-state index contributed by atoms with van der Waals surface area (Å²) in [6.45, 7) is 3.88. The molecule has 0 aromatic heterocycles. The van der Waals surface area contributed by atoms with Crippen molar-refractivity contribution in [3.8, 4) is 11.5 Å². The molecule has 0 bridgehead atoms. The second-order valence-corrected chi connectivity index (χ2v) is 7.72. The first-order valence-corrected chi connectivity index (χ1v) is 10.5. The van der Waals surface area contributed by atoms with E-state index >= 15 is 0 Å². The molecule has 1 aliphatic heterocycles. The van der Waals surface area contributed by atoms with E-state index in [4.69, 9.17) is 37.4 Å². The van der Waals surface area contributed by atoms with E-state index in [1.807, 2.05) is 6.92 Å². The van der Waals surface area contributed by atoms with Gasteiger partial charge in [-0.2, -0.15) is 0 Å². The molecule has 0 saturated carbocycles. The third kappa shape index (κ3) is 5.03. The first-order valence-electron chi connectivity index (χ1n) is 8.97. The fourth-order valence-corrected chi connectivity index (χ4v) is 3.38. The van der Waals surface area contributed by atoms with E-state index in [-0.39, 0.29) is 23.8 Å². The van der Waals surface area contributed by atoms with E-state index in [0.717, 1.165) is 0 Å². The number of benzene rings is 2. The van der Waals surface area contributed by atoms with E-state index in [1.54, 1.807) is 43.3 Å². The quantitative estimate of drug-likeness (QED) is 0.277. The van der Waals surface area contributed by atoms with Crippen LogP contribution in [0.15, 0.2) is 45.5 Å². The number of rotatable bonds is 6. The van der Waals surface area contributed by atoms with Gasteiger partial charge in [0.05, 0.1) is 21.1 Å². The summed E-state index contributed by atoms with van der Waals surface area (Å²) in [5.41, 5.74) is 1.23. The van der Waals surface area contributed by atoms with Crippen LogP contribution in [0.3, 0.4) is 0 Å². The van der Waals surface area contributed by atoms with Crippen molar-refractivity contribution in [1.29, 1.82) is 0 Å². The second kappa shape index (κ2) is 9.64. The van der Waals surface area contributed by atoms with Gasteiger partial charge in [-0.05, 0) is 64.8 Å². The maximum Gasteiger partial charge on any atom is 0.363 e. The molecule has 1 aliphatic rings. The summed E-state index contributed by atoms with van der Waals surface area (Å²) >= 11 is 15.3. The highest BCUT2D eigenvalue weighted by Crippen LogP contribution is 2.38. The highest BCUT2D eigenvalue weighted by Gasteiger charge is 2.25. The lowest BCUT2D eigenvalue weighted by atomic mass is 10.1. The molecule has 0 aliphatic carbocycles. The Kier molecular flexibility index (Phi) is 7.18. The lowest BCUT2D eigenvalue weighted by Gasteiger charge is -2.13. The van der Waals surface area contributed by atoms with Crippen molar-refractivity contribution in [2.45, 2.75) is 20.3 Å². The molecule has 156 valence electrons. The van der Waals surface area contributed by atoms with Crippen LogP contribution in [0, 0.1) is 0 Å². The molecule has 0 radical (unpaired) electrons. The minimum absolute atomic E-state index is 0.101. The van der Waals surface area contributed by atoms with Crippen LogP contribution in [0.5, 0.6) is 11.5 Å². The van der Waals surface area contributed by atoms with Crippen molar-refractivity contribution in [3.05, 3.63) is 61.7 Å². The molecule has 0 amide bonds. The average Bonchev–Trinajstić information content (AvgIpc) is 3.07. The zero-order valence-corrected chi connectivity index (χ0v) is 19.1. The van der Waals surface area contributed by atoms with Gasteiger partial charge < -0.3 is 14.2 Å². The summed E-state index contributed by atoms with van der Waals surface area (Å²) in [6, 6.07) is 8.16. The van der Waals surface area contributed by atoms with Crippen LogP contribution in [-0.2, 0) is 14.3 Å². The van der Waals surface area contributed by atoms with Crippen LogP contribution in [0.4, 0.5) is 0 Å². The van der Waals surface area contributed by atoms with E-state index in [0.29, 0.717) is 38.0 Å². The third-order valence-corrected chi connectivity index (χ3v) is 5.25. The van der Waals surface area contributed by atoms with Gasteiger partial charge in [0.2, 0.25) is 5.90 Å². The molecular weight excluding hydrogens is 497 g/mol. The highest BCUT2D eigenvalue weighted by atomic mass is 79.9. The Bertz CT molecular complexity index is 1080. The number of cyclic esters (lactones) is 1. The van der Waals surface area contributed by atoms with E-state index in [2.05, 4.69) is 20.9 Å². The fourth-order valence-electron chi connectivity index (χ4n) is 2.54. The maximum atomic E-state index is 12.3. The van der Waals surface area contributed by atoms with Crippen molar-refractivity contribution < 1.29 is 23.8 Å². The number of nitrogens with zero attached hydrogens (tertiary/aromatic N) is 1. The molecule has 0 spiro atoms. The van der Waals surface area contributed by atoms with Crippen molar-refractivity contribution in [2.75, 3.05) is 6.61 Å². The molecule has 3 rings (SSSR count). The summed E-state index contributed by atoms with van der Waals surface area (Å²) in [6.07, 6.45) is 1.77. The molecular formula is C21H16BrCl2NO5. The second-order valence-electron chi connectivity index (χ2n) is 6.06. The predicted molar refractivity (Wildman–Crippen MR) is 118 cm³/mol. The van der Waals surface area contributed by atoms with Crippen molar-refractivity contribution >= 4 is 63.0 Å². The molecule has 0 N–H and O–H groups in total. The van der Waals surface area contributed by atoms with Crippen LogP contribution in [0.25, 0.3) is 6.08 Å². The van der Waals surface area contributed by atoms with Crippen LogP contribution in [-0.4, -0.2) is 24.4 Å². The van der Waals surface area contributed by atoms with Gasteiger partial charge in [0.1, 0.15) is 0 Å². The number of esters is 2. The Balaban J connectivity index is 1.96. The van der Waals surface area contributed by atoms with E-state index < -0.39 is 11.9 Å². The Morgan fingerprint density at radius 1 is 1.20 bits per heavy atom. The van der Waals surface area contributed by atoms with Gasteiger partial charge in [0, 0.05) is 12.0 Å². The lowest BCUT2D eigenvalue weighted by Crippen LogP contribution is -2.08. The van der Waals surface area contributed by atoms with E-state index in [1.165, 1.54) is 0 Å². The number of aliphatic imine (C=N–C) groups is 1. The van der Waals surface area contributed by atoms with Crippen LogP contribution >= 0.6 is 39.1 Å². The Labute approximate surface area is 191 Å². The molecule has 0 fully saturated rings. The summed E-state index contributed by atoms with van der Waals surface area (Å²) < 4.78 is 16.7. The molecule has 6 nitrogen and oxygen atoms in total. The molecule has 9 heteroatoms. The topological polar surface area (TPSA) is 74.2 Å². The minimum atomic E-state index is -0.605. The molecule has 0 saturated heterocycles. The van der Waals surface area contributed by atoms with E-state index in [9.17, 15) is 9.59 Å². The van der Waals surface area contributed by atoms with Gasteiger partial charge in [0.25, 0.3) is 0 Å². The van der Waals surface area contributed by atoms with Gasteiger partial charge in [-0.25, -0.2) is 9.79 Å². The Hall–Kier alpha value is -2.35. The van der Waals surface area contributed by atoms with Gasteiger partial charge in [-0.3, -0.25) is 4.79 Å². The van der Waals surface area contributed by atoms with Crippen LogP contribution < -0.4 is 9.47 Å². The summed E-state index contributed by atoms with van der Waals surface area (Å²) in [5, 5.41) is 0.714. The smallest absolute Gasteiger partial charge is 0.363 e. The number of hydrogen-bond acceptors (Lipinski definition) is 6. The van der Waals surface area contributed by atoms with Crippen molar-refractivity contribution in [2.24, 2.45) is 4.99 Å². The monoisotopic (exact) mass is 511 g/mol. The molecule has 0 atom stereocenters. The predicted octanol–water partition coefficient (Wildman–Crippen LogP) is 5.81. The number of hydrogen-bond donors (Lipinski definition) is 0. The maximum absolute atomic E-state index is 12.3. The van der Waals surface area contributed by atoms with Crippen molar-refractivity contribution in [1.82, 2.24) is 0 Å². The molecule has 2 aromatic rings. The van der Waals surface area contributed by atoms with Gasteiger partial charge in [-0.15, -0.1) is 0 Å². The highest BCUT2D eigenvalue weighted by molar-refractivity contribution is 9.10. The van der Waals surface area contributed by atoms with Crippen LogP contribution in [0.2, 0.25) is 10.0 Å². The number of carbonyl (C=O) groups excluding carboxylic acids is 2. The zero-order valence-electron chi connectivity index (χ0n) is 16.0. The standard InChI is InChI=1S/C21H16BrCl2NO5/c1-3-18(26)29-19-13(22)7-11(9-17(19)28-4-2)8-16-21(27)30-20(25-16)12-5-6-14(23)15(24)10-12/h5-10H,3-4H2,1-2H3/b16-8-. The molecule has 1 heterocycles. The largest absolute Gasteiger partial charge is 0.490 e. The summed E-state index contributed by atoms with van der Waals surface area (Å²) in [7, 11) is 0. The number of halogens is 3. The SMILES string of the molecule is CCOc1cc(/C=C2\N=C(c3ccc(Cl)c(Cl)c3)OC2=O)cc(Br)c1OC(=O)CC. The van der Waals surface area contributed by atoms with Crippen LogP contribution in [0.1, 0.15) is 31.4 Å². The third-order valence-electron chi connectivity index (χ3n) is 3.93.